The van der Waals surface area contributed by atoms with Crippen molar-refractivity contribution in [2.24, 2.45) is 0 Å². The first kappa shape index (κ1) is 20.7. The van der Waals surface area contributed by atoms with Crippen molar-refractivity contribution in [2.45, 2.75) is 58.1 Å². The number of anilines is 2. The Balaban J connectivity index is 1.96. The Bertz CT molecular complexity index is 670. The number of likely N-dealkylation sites (N-methyl/N-ethyl adjacent to an activating group) is 1. The first-order valence-electron chi connectivity index (χ1n) is 9.11. The number of ether oxygens (including phenoxy) is 1. The molecule has 0 radical (unpaired) electrons. The molecule has 2 N–H and O–H groups in total. The number of hydrogen-bond acceptors (Lipinski definition) is 8. The van der Waals surface area contributed by atoms with Crippen LogP contribution in [0.3, 0.4) is 0 Å². The Morgan fingerprint density at radius 1 is 1.41 bits per heavy atom. The number of nitrogens with one attached hydrogen (secondary N) is 2. The summed E-state index contributed by atoms with van der Waals surface area (Å²) in [5.74, 6) is 0.503. The van der Waals surface area contributed by atoms with Crippen molar-refractivity contribution in [1.82, 2.24) is 14.9 Å². The van der Waals surface area contributed by atoms with E-state index in [2.05, 4.69) is 20.6 Å². The highest BCUT2D eigenvalue weighted by Gasteiger charge is 2.22. The summed E-state index contributed by atoms with van der Waals surface area (Å²) in [6.07, 6.45) is 5.15. The van der Waals surface area contributed by atoms with Crippen molar-refractivity contribution in [2.75, 3.05) is 30.8 Å². The summed E-state index contributed by atoms with van der Waals surface area (Å²) in [4.78, 5) is 32.3. The van der Waals surface area contributed by atoms with Crippen molar-refractivity contribution < 1.29 is 14.5 Å². The molecule has 0 saturated heterocycles. The number of carbonyl (C=O) groups is 1. The molecule has 0 aliphatic heterocycles. The third-order valence-corrected chi connectivity index (χ3v) is 4.10. The van der Waals surface area contributed by atoms with Gasteiger partial charge >= 0.3 is 11.8 Å². The van der Waals surface area contributed by atoms with Gasteiger partial charge < -0.3 is 20.3 Å². The van der Waals surface area contributed by atoms with Gasteiger partial charge in [-0.1, -0.05) is 12.8 Å². The maximum absolute atomic E-state index is 12.0. The van der Waals surface area contributed by atoms with Gasteiger partial charge in [0, 0.05) is 26.2 Å². The second-order valence-corrected chi connectivity index (χ2v) is 7.64. The average Bonchev–Trinajstić information content (AvgIpc) is 3.06. The molecule has 1 aliphatic carbocycles. The highest BCUT2D eigenvalue weighted by atomic mass is 16.6. The van der Waals surface area contributed by atoms with Gasteiger partial charge in [0.2, 0.25) is 11.8 Å². The number of amides is 1. The molecule has 10 heteroatoms. The zero-order chi connectivity index (χ0) is 20.0. The van der Waals surface area contributed by atoms with Crippen LogP contribution in [0.2, 0.25) is 0 Å². The topological polar surface area (TPSA) is 123 Å². The third-order valence-electron chi connectivity index (χ3n) is 4.10. The lowest BCUT2D eigenvalue weighted by Crippen LogP contribution is -2.36. The van der Waals surface area contributed by atoms with Gasteiger partial charge in [0.25, 0.3) is 0 Å². The molecule has 2 rings (SSSR count). The molecule has 1 aromatic rings. The molecule has 1 fully saturated rings. The molecule has 0 spiro atoms. The number of aromatic nitrogens is 2. The number of nitro groups is 1. The van der Waals surface area contributed by atoms with Gasteiger partial charge in [-0.2, -0.15) is 4.98 Å². The largest absolute Gasteiger partial charge is 0.444 e. The first-order valence-corrected chi connectivity index (χ1v) is 9.11. The van der Waals surface area contributed by atoms with Crippen molar-refractivity contribution in [1.29, 1.82) is 0 Å². The van der Waals surface area contributed by atoms with E-state index in [-0.39, 0.29) is 18.1 Å². The Morgan fingerprint density at radius 2 is 2.07 bits per heavy atom. The van der Waals surface area contributed by atoms with E-state index < -0.39 is 16.6 Å². The minimum atomic E-state index is -0.578. The van der Waals surface area contributed by atoms with Gasteiger partial charge in [-0.15, -0.1) is 0 Å². The van der Waals surface area contributed by atoms with Crippen LogP contribution in [0.5, 0.6) is 0 Å². The molecule has 150 valence electrons. The normalized spacial score (nSPS) is 14.7. The minimum absolute atomic E-state index is 0.132. The molecule has 1 saturated carbocycles. The van der Waals surface area contributed by atoms with E-state index in [1.54, 1.807) is 27.8 Å². The minimum Gasteiger partial charge on any atom is -0.444 e. The molecule has 0 bridgehead atoms. The Hall–Kier alpha value is -2.65. The van der Waals surface area contributed by atoms with Gasteiger partial charge in [-0.05, 0) is 33.6 Å². The highest BCUT2D eigenvalue weighted by Crippen LogP contribution is 2.25. The first-order chi connectivity index (χ1) is 12.7. The van der Waals surface area contributed by atoms with Gasteiger partial charge in [0.05, 0.1) is 4.92 Å². The highest BCUT2D eigenvalue weighted by molar-refractivity contribution is 5.67. The summed E-state index contributed by atoms with van der Waals surface area (Å²) >= 11 is 0. The van der Waals surface area contributed by atoms with E-state index >= 15 is 0 Å². The monoisotopic (exact) mass is 380 g/mol. The predicted octanol–water partition coefficient (Wildman–Crippen LogP) is 3.02. The van der Waals surface area contributed by atoms with E-state index in [1.165, 1.54) is 11.1 Å². The zero-order valence-corrected chi connectivity index (χ0v) is 16.3. The van der Waals surface area contributed by atoms with E-state index in [0.717, 1.165) is 25.7 Å². The number of nitrogens with zero attached hydrogens (tertiary/aromatic N) is 4. The maximum atomic E-state index is 12.0. The van der Waals surface area contributed by atoms with E-state index in [1.807, 2.05) is 0 Å². The van der Waals surface area contributed by atoms with Crippen molar-refractivity contribution in [3.05, 3.63) is 16.3 Å². The van der Waals surface area contributed by atoms with Crippen LogP contribution >= 0.6 is 0 Å². The van der Waals surface area contributed by atoms with E-state index in [4.69, 9.17) is 4.74 Å². The fraction of sp³-hybridized carbons (Fsp3) is 0.706. The molecule has 0 atom stereocenters. The molecule has 0 unspecified atom stereocenters. The second-order valence-electron chi connectivity index (χ2n) is 7.64. The summed E-state index contributed by atoms with van der Waals surface area (Å²) < 4.78 is 5.27. The summed E-state index contributed by atoms with van der Waals surface area (Å²) in [5, 5.41) is 17.4. The molecule has 1 amide bonds. The van der Waals surface area contributed by atoms with Crippen LogP contribution < -0.4 is 10.6 Å². The molecule has 10 nitrogen and oxygen atoms in total. The second kappa shape index (κ2) is 8.83. The molecule has 27 heavy (non-hydrogen) atoms. The molecular formula is C17H28N6O4. The van der Waals surface area contributed by atoms with Gasteiger partial charge in [-0.3, -0.25) is 10.1 Å². The fourth-order valence-corrected chi connectivity index (χ4v) is 2.73. The van der Waals surface area contributed by atoms with Crippen molar-refractivity contribution >= 4 is 23.5 Å². The van der Waals surface area contributed by atoms with Crippen molar-refractivity contribution in [3.63, 3.8) is 0 Å². The van der Waals surface area contributed by atoms with E-state index in [9.17, 15) is 14.9 Å². The lowest BCUT2D eigenvalue weighted by atomic mass is 10.2. The zero-order valence-electron chi connectivity index (χ0n) is 16.3. The Kier molecular flexibility index (Phi) is 6.75. The fourth-order valence-electron chi connectivity index (χ4n) is 2.73. The van der Waals surface area contributed by atoms with E-state index in [0.29, 0.717) is 18.5 Å². The van der Waals surface area contributed by atoms with Crippen LogP contribution in [0.15, 0.2) is 6.20 Å². The quantitative estimate of drug-likeness (QED) is 0.547. The molecule has 0 aromatic carbocycles. The van der Waals surface area contributed by atoms with Gasteiger partial charge in [0.15, 0.2) is 0 Å². The van der Waals surface area contributed by atoms with Crippen LogP contribution in [0.4, 0.5) is 22.2 Å². The molecule has 1 aromatic heterocycles. The third kappa shape index (κ3) is 6.54. The lowest BCUT2D eigenvalue weighted by Gasteiger charge is -2.24. The summed E-state index contributed by atoms with van der Waals surface area (Å²) in [7, 11) is 1.61. The number of hydrogen-bond donors (Lipinski definition) is 2. The Labute approximate surface area is 158 Å². The van der Waals surface area contributed by atoms with Crippen molar-refractivity contribution in [3.8, 4) is 0 Å². The van der Waals surface area contributed by atoms with Gasteiger partial charge in [0.1, 0.15) is 11.8 Å². The lowest BCUT2D eigenvalue weighted by molar-refractivity contribution is -0.384. The van der Waals surface area contributed by atoms with Crippen LogP contribution in [0, 0.1) is 10.1 Å². The SMILES string of the molecule is CN(CCNc1nc(NC2CCCC2)ncc1[N+](=O)[O-])C(=O)OC(C)(C)C. The van der Waals surface area contributed by atoms with Crippen LogP contribution in [-0.4, -0.2) is 57.7 Å². The molecule has 1 aliphatic rings. The Morgan fingerprint density at radius 3 is 2.67 bits per heavy atom. The summed E-state index contributed by atoms with van der Waals surface area (Å²) in [6, 6.07) is 0.303. The summed E-state index contributed by atoms with van der Waals surface area (Å²) in [5.41, 5.74) is -0.780. The number of carbonyl (C=O) groups excluding carboxylic acids is 1. The maximum Gasteiger partial charge on any atom is 0.410 e. The van der Waals surface area contributed by atoms with Gasteiger partial charge in [-0.25, -0.2) is 9.78 Å². The smallest absolute Gasteiger partial charge is 0.410 e. The van der Waals surface area contributed by atoms with Crippen LogP contribution in [-0.2, 0) is 4.74 Å². The standard InChI is InChI=1S/C17H28N6O4/c1-17(2,3)27-16(24)22(4)10-9-18-14-13(23(25)26)11-19-15(21-14)20-12-7-5-6-8-12/h11-12H,5-10H2,1-4H3,(H2,18,19,20,21). The predicted molar refractivity (Wildman–Crippen MR) is 102 cm³/mol. The van der Waals surface area contributed by atoms with Crippen LogP contribution in [0.1, 0.15) is 46.5 Å². The molecular weight excluding hydrogens is 352 g/mol. The number of rotatable bonds is 7. The van der Waals surface area contributed by atoms with Crippen LogP contribution in [0.25, 0.3) is 0 Å². The molecule has 1 heterocycles. The average molecular weight is 380 g/mol. The summed E-state index contributed by atoms with van der Waals surface area (Å²) in [6.45, 7) is 5.97.